The van der Waals surface area contributed by atoms with Crippen LogP contribution in [0.2, 0.25) is 0 Å². The summed E-state index contributed by atoms with van der Waals surface area (Å²) in [6, 6.07) is 8.99. The molecular formula is C15H15FN2. The number of aryl methyl sites for hydroxylation is 1. The topological polar surface area (TPSA) is 38.9 Å². The quantitative estimate of drug-likeness (QED) is 0.879. The van der Waals surface area contributed by atoms with E-state index in [0.717, 1.165) is 29.7 Å². The molecule has 0 saturated heterocycles. The molecule has 1 aliphatic carbocycles. The zero-order chi connectivity index (χ0) is 12.5. The first kappa shape index (κ1) is 11.4. The van der Waals surface area contributed by atoms with Crippen LogP contribution in [0.25, 0.3) is 0 Å². The first-order valence-corrected chi connectivity index (χ1v) is 6.22. The van der Waals surface area contributed by atoms with Crippen LogP contribution in [0.3, 0.4) is 0 Å². The summed E-state index contributed by atoms with van der Waals surface area (Å²) in [7, 11) is 0. The molecule has 0 spiro atoms. The average molecular weight is 242 g/mol. The second kappa shape index (κ2) is 4.50. The summed E-state index contributed by atoms with van der Waals surface area (Å²) in [5.41, 5.74) is 10.2. The van der Waals surface area contributed by atoms with Crippen LogP contribution in [0.5, 0.6) is 0 Å². The largest absolute Gasteiger partial charge is 0.326 e. The summed E-state index contributed by atoms with van der Waals surface area (Å²) in [5, 5.41) is 0. The molecule has 1 unspecified atom stereocenters. The van der Waals surface area contributed by atoms with E-state index in [4.69, 9.17) is 5.73 Å². The highest BCUT2D eigenvalue weighted by atomic mass is 19.1. The van der Waals surface area contributed by atoms with E-state index in [9.17, 15) is 4.39 Å². The monoisotopic (exact) mass is 242 g/mol. The van der Waals surface area contributed by atoms with Crippen molar-refractivity contribution in [3.05, 3.63) is 64.7 Å². The van der Waals surface area contributed by atoms with Gasteiger partial charge < -0.3 is 5.73 Å². The molecule has 18 heavy (non-hydrogen) atoms. The van der Waals surface area contributed by atoms with Gasteiger partial charge >= 0.3 is 0 Å². The van der Waals surface area contributed by atoms with Gasteiger partial charge in [0.2, 0.25) is 0 Å². The number of halogens is 1. The molecule has 1 aromatic heterocycles. The lowest BCUT2D eigenvalue weighted by Gasteiger charge is -2.15. The molecule has 2 nitrogen and oxygen atoms in total. The van der Waals surface area contributed by atoms with Crippen molar-refractivity contribution < 1.29 is 4.39 Å². The third kappa shape index (κ3) is 1.81. The third-order valence-corrected chi connectivity index (χ3v) is 3.66. The van der Waals surface area contributed by atoms with Crippen molar-refractivity contribution in [2.45, 2.75) is 25.3 Å². The van der Waals surface area contributed by atoms with Crippen molar-refractivity contribution >= 4 is 0 Å². The predicted molar refractivity (Wildman–Crippen MR) is 68.7 cm³/mol. The summed E-state index contributed by atoms with van der Waals surface area (Å²) in [6.07, 6.45) is 3.89. The Bertz CT molecular complexity index is 580. The minimum absolute atomic E-state index is 0.224. The highest BCUT2D eigenvalue weighted by molar-refractivity contribution is 5.41. The lowest BCUT2D eigenvalue weighted by molar-refractivity contribution is 0.622. The standard InChI is InChI=1S/C15H15FN2/c16-12-4-6-13(11(8-12)9-17)14-5-3-10-2-1-7-18-15(10)14/h1-2,4,6-8,14H,3,5,9,17H2. The Morgan fingerprint density at radius 2 is 2.22 bits per heavy atom. The molecule has 0 fully saturated rings. The Balaban J connectivity index is 2.07. The van der Waals surface area contributed by atoms with Crippen molar-refractivity contribution in [2.75, 3.05) is 0 Å². The van der Waals surface area contributed by atoms with Gasteiger partial charge in [0.1, 0.15) is 5.82 Å². The highest BCUT2D eigenvalue weighted by Gasteiger charge is 2.26. The van der Waals surface area contributed by atoms with Gasteiger partial charge in [0, 0.05) is 18.7 Å². The fourth-order valence-corrected chi connectivity index (χ4v) is 2.81. The number of nitrogens with two attached hydrogens (primary N) is 1. The van der Waals surface area contributed by atoms with Gasteiger partial charge in [-0.2, -0.15) is 0 Å². The molecule has 1 aliphatic rings. The molecule has 92 valence electrons. The normalized spacial score (nSPS) is 17.8. The van der Waals surface area contributed by atoms with Crippen LogP contribution < -0.4 is 5.73 Å². The lowest BCUT2D eigenvalue weighted by Crippen LogP contribution is -2.07. The summed E-state index contributed by atoms with van der Waals surface area (Å²) in [5.74, 6) is 0.0405. The molecule has 3 heteroatoms. The van der Waals surface area contributed by atoms with Crippen molar-refractivity contribution in [1.29, 1.82) is 0 Å². The molecule has 0 aliphatic heterocycles. The minimum Gasteiger partial charge on any atom is -0.326 e. The third-order valence-electron chi connectivity index (χ3n) is 3.66. The molecule has 1 heterocycles. The van der Waals surface area contributed by atoms with Crippen LogP contribution in [0.1, 0.15) is 34.7 Å². The number of hydrogen-bond donors (Lipinski definition) is 1. The Morgan fingerprint density at radius 3 is 3.06 bits per heavy atom. The summed E-state index contributed by atoms with van der Waals surface area (Å²) < 4.78 is 13.2. The zero-order valence-electron chi connectivity index (χ0n) is 10.1. The Labute approximate surface area is 106 Å². The van der Waals surface area contributed by atoms with Crippen LogP contribution in [0.4, 0.5) is 4.39 Å². The Kier molecular flexibility index (Phi) is 2.84. The average Bonchev–Trinajstić information content (AvgIpc) is 2.82. The number of benzene rings is 1. The van der Waals surface area contributed by atoms with Crippen LogP contribution in [-0.4, -0.2) is 4.98 Å². The van der Waals surface area contributed by atoms with Crippen LogP contribution in [-0.2, 0) is 13.0 Å². The number of pyridine rings is 1. The number of fused-ring (bicyclic) bond motifs is 1. The second-order valence-electron chi connectivity index (χ2n) is 4.69. The summed E-state index contributed by atoms with van der Waals surface area (Å²) in [6.45, 7) is 0.367. The number of rotatable bonds is 2. The predicted octanol–water partition coefficient (Wildman–Crippen LogP) is 2.76. The van der Waals surface area contributed by atoms with Crippen molar-refractivity contribution in [3.8, 4) is 0 Å². The fourth-order valence-electron chi connectivity index (χ4n) is 2.81. The maximum absolute atomic E-state index is 13.2. The Morgan fingerprint density at radius 1 is 1.33 bits per heavy atom. The molecular weight excluding hydrogens is 227 g/mol. The van der Waals surface area contributed by atoms with Crippen LogP contribution >= 0.6 is 0 Å². The van der Waals surface area contributed by atoms with Crippen molar-refractivity contribution in [2.24, 2.45) is 5.73 Å². The minimum atomic E-state index is -0.224. The molecule has 3 rings (SSSR count). The van der Waals surface area contributed by atoms with Crippen molar-refractivity contribution in [1.82, 2.24) is 4.98 Å². The van der Waals surface area contributed by atoms with Gasteiger partial charge in [0.05, 0.1) is 5.69 Å². The van der Waals surface area contributed by atoms with Gasteiger partial charge in [-0.3, -0.25) is 4.98 Å². The van der Waals surface area contributed by atoms with E-state index in [1.807, 2.05) is 18.3 Å². The van der Waals surface area contributed by atoms with Crippen molar-refractivity contribution in [3.63, 3.8) is 0 Å². The molecule has 0 amide bonds. The number of nitrogens with zero attached hydrogens (tertiary/aromatic N) is 1. The lowest BCUT2D eigenvalue weighted by atomic mass is 9.92. The molecule has 1 atom stereocenters. The molecule has 0 radical (unpaired) electrons. The summed E-state index contributed by atoms with van der Waals surface area (Å²) >= 11 is 0. The molecule has 0 saturated carbocycles. The van der Waals surface area contributed by atoms with Gasteiger partial charge in [-0.25, -0.2) is 4.39 Å². The van der Waals surface area contributed by atoms with E-state index in [1.165, 1.54) is 17.7 Å². The maximum atomic E-state index is 13.2. The highest BCUT2D eigenvalue weighted by Crippen LogP contribution is 2.37. The van der Waals surface area contributed by atoms with Gasteiger partial charge in [-0.15, -0.1) is 0 Å². The molecule has 2 N–H and O–H groups in total. The molecule has 0 bridgehead atoms. The first-order valence-electron chi connectivity index (χ1n) is 6.22. The first-order chi connectivity index (χ1) is 8.79. The number of aromatic nitrogens is 1. The molecule has 2 aromatic rings. The zero-order valence-corrected chi connectivity index (χ0v) is 10.1. The van der Waals surface area contributed by atoms with Crippen LogP contribution in [0, 0.1) is 5.82 Å². The van der Waals surface area contributed by atoms with E-state index < -0.39 is 0 Å². The van der Waals surface area contributed by atoms with E-state index in [0.29, 0.717) is 6.54 Å². The second-order valence-corrected chi connectivity index (χ2v) is 4.69. The van der Waals surface area contributed by atoms with E-state index >= 15 is 0 Å². The fraction of sp³-hybridized carbons (Fsp3) is 0.267. The maximum Gasteiger partial charge on any atom is 0.123 e. The van der Waals surface area contributed by atoms with Gasteiger partial charge in [0.25, 0.3) is 0 Å². The molecule has 1 aromatic carbocycles. The smallest absolute Gasteiger partial charge is 0.123 e. The van der Waals surface area contributed by atoms with E-state index in [-0.39, 0.29) is 11.7 Å². The van der Waals surface area contributed by atoms with Crippen LogP contribution in [0.15, 0.2) is 36.5 Å². The Hall–Kier alpha value is -1.74. The van der Waals surface area contributed by atoms with Gasteiger partial charge in [-0.05, 0) is 47.7 Å². The van der Waals surface area contributed by atoms with E-state index in [2.05, 4.69) is 11.1 Å². The number of hydrogen-bond acceptors (Lipinski definition) is 2. The summed E-state index contributed by atoms with van der Waals surface area (Å²) in [4.78, 5) is 4.48. The van der Waals surface area contributed by atoms with Gasteiger partial charge in [0.15, 0.2) is 0 Å². The van der Waals surface area contributed by atoms with E-state index in [1.54, 1.807) is 0 Å². The SMILES string of the molecule is NCc1cc(F)ccc1C1CCc2cccnc21. The van der Waals surface area contributed by atoms with Gasteiger partial charge in [-0.1, -0.05) is 12.1 Å².